The number of piperidine rings is 1. The van der Waals surface area contributed by atoms with Crippen molar-refractivity contribution in [3.05, 3.63) is 110 Å². The molecule has 5 N–H and O–H groups in total. The number of H-pyrrole nitrogens is 1. The molecular formula is C56H67N9O12. The second-order valence-corrected chi connectivity index (χ2v) is 19.6. The monoisotopic (exact) mass is 1060 g/mol. The number of pyridine rings is 1. The van der Waals surface area contributed by atoms with Gasteiger partial charge in [-0.05, 0) is 118 Å². The SMILES string of the molecule is CCN(c1cc(-c2ccc(N3CCN(C(=O)COCC(=O)NCCCC(=O)NCCOc4cccc5c4C(=O)N(C4CCC(=O)NC4=O)C5=O)CC3)cc2)cc(C(=O)NCc2c(C)cc(C)[nH]c2=O)c1C)C1CCOCC1. The number of nitrogens with zero attached hydrogens (tertiary/aromatic N) is 4. The molecule has 3 fully saturated rings. The number of rotatable bonds is 21. The summed E-state index contributed by atoms with van der Waals surface area (Å²) in [6, 6.07) is 17.9. The molecule has 8 amide bonds. The van der Waals surface area contributed by atoms with E-state index in [1.807, 2.05) is 45.0 Å². The van der Waals surface area contributed by atoms with Gasteiger partial charge in [0.25, 0.3) is 23.3 Å². The molecule has 0 spiro atoms. The summed E-state index contributed by atoms with van der Waals surface area (Å²) in [5.41, 5.74) is 7.20. The molecule has 3 saturated heterocycles. The van der Waals surface area contributed by atoms with Crippen molar-refractivity contribution < 1.29 is 52.6 Å². The maximum Gasteiger partial charge on any atom is 0.266 e. The fourth-order valence-corrected chi connectivity index (χ4v) is 10.4. The molecule has 4 aromatic rings. The van der Waals surface area contributed by atoms with Crippen molar-refractivity contribution in [1.82, 2.24) is 36.1 Å². The molecule has 21 nitrogen and oxygen atoms in total. The third-order valence-electron chi connectivity index (χ3n) is 14.5. The molecule has 3 aromatic carbocycles. The van der Waals surface area contributed by atoms with E-state index in [0.29, 0.717) is 56.9 Å². The Morgan fingerprint density at radius 3 is 2.26 bits per heavy atom. The van der Waals surface area contributed by atoms with E-state index in [-0.39, 0.29) is 105 Å². The second kappa shape index (κ2) is 25.3. The minimum Gasteiger partial charge on any atom is -0.491 e. The Balaban J connectivity index is 0.747. The van der Waals surface area contributed by atoms with E-state index in [1.165, 1.54) is 12.1 Å². The number of carbonyl (C=O) groups excluding carboxylic acids is 8. The number of imide groups is 2. The topological polar surface area (TPSA) is 258 Å². The Hall–Kier alpha value is -7.91. The van der Waals surface area contributed by atoms with E-state index < -0.39 is 35.6 Å². The van der Waals surface area contributed by atoms with Crippen LogP contribution < -0.4 is 41.4 Å². The van der Waals surface area contributed by atoms with E-state index in [1.54, 1.807) is 11.0 Å². The van der Waals surface area contributed by atoms with Gasteiger partial charge in [-0.1, -0.05) is 18.2 Å². The lowest BCUT2D eigenvalue weighted by atomic mass is 9.95. The van der Waals surface area contributed by atoms with E-state index in [9.17, 15) is 43.2 Å². The lowest BCUT2D eigenvalue weighted by Gasteiger charge is -2.37. The number of hydrogen-bond acceptors (Lipinski definition) is 14. The molecule has 0 aliphatic carbocycles. The van der Waals surface area contributed by atoms with Gasteiger partial charge in [-0.25, -0.2) is 0 Å². The van der Waals surface area contributed by atoms with Crippen molar-refractivity contribution >= 4 is 58.6 Å². The van der Waals surface area contributed by atoms with Crippen molar-refractivity contribution in [2.45, 2.75) is 84.8 Å². The quantitative estimate of drug-likeness (QED) is 0.0594. The number of amides is 8. The van der Waals surface area contributed by atoms with Crippen LogP contribution in [0.2, 0.25) is 0 Å². The number of aromatic amines is 1. The Morgan fingerprint density at radius 2 is 1.55 bits per heavy atom. The number of fused-ring (bicyclic) bond motifs is 1. The number of aryl methyl sites for hydroxylation is 2. The maximum absolute atomic E-state index is 14.0. The highest BCUT2D eigenvalue weighted by atomic mass is 16.5. The highest BCUT2D eigenvalue weighted by Gasteiger charge is 2.46. The van der Waals surface area contributed by atoms with Crippen molar-refractivity contribution in [3.8, 4) is 16.9 Å². The van der Waals surface area contributed by atoms with Gasteiger partial charge < -0.3 is 49.8 Å². The highest BCUT2D eigenvalue weighted by Crippen LogP contribution is 2.36. The summed E-state index contributed by atoms with van der Waals surface area (Å²) >= 11 is 0. The first kappa shape index (κ1) is 55.3. The number of ether oxygens (including phenoxy) is 3. The molecule has 1 aromatic heterocycles. The average molecular weight is 1060 g/mol. The predicted molar refractivity (Wildman–Crippen MR) is 285 cm³/mol. The minimum absolute atomic E-state index is 0.00262. The summed E-state index contributed by atoms with van der Waals surface area (Å²) in [5, 5.41) is 10.6. The molecule has 77 heavy (non-hydrogen) atoms. The third kappa shape index (κ3) is 13.2. The zero-order valence-corrected chi connectivity index (χ0v) is 44.1. The normalized spacial score (nSPS) is 16.7. The van der Waals surface area contributed by atoms with Crippen LogP contribution in [-0.2, 0) is 40.0 Å². The van der Waals surface area contributed by atoms with E-state index >= 15 is 0 Å². The zero-order valence-electron chi connectivity index (χ0n) is 44.1. The lowest BCUT2D eigenvalue weighted by Crippen LogP contribution is -2.54. The molecule has 1 atom stereocenters. The molecule has 5 heterocycles. The summed E-state index contributed by atoms with van der Waals surface area (Å²) < 4.78 is 16.9. The molecule has 0 bridgehead atoms. The van der Waals surface area contributed by atoms with Crippen LogP contribution in [0.3, 0.4) is 0 Å². The Labute approximate surface area is 446 Å². The number of carbonyl (C=O) groups is 8. The molecule has 1 unspecified atom stereocenters. The van der Waals surface area contributed by atoms with Crippen LogP contribution >= 0.6 is 0 Å². The first-order valence-corrected chi connectivity index (χ1v) is 26.3. The van der Waals surface area contributed by atoms with Crippen molar-refractivity contribution in [3.63, 3.8) is 0 Å². The fourth-order valence-electron chi connectivity index (χ4n) is 10.4. The van der Waals surface area contributed by atoms with Gasteiger partial charge in [-0.15, -0.1) is 0 Å². The zero-order chi connectivity index (χ0) is 54.8. The van der Waals surface area contributed by atoms with Crippen LogP contribution in [0.15, 0.2) is 65.5 Å². The number of hydrogen-bond donors (Lipinski definition) is 5. The number of aromatic nitrogens is 1. The summed E-state index contributed by atoms with van der Waals surface area (Å²) in [7, 11) is 0. The largest absolute Gasteiger partial charge is 0.491 e. The van der Waals surface area contributed by atoms with Crippen LogP contribution in [0.4, 0.5) is 11.4 Å². The van der Waals surface area contributed by atoms with Crippen LogP contribution in [0.25, 0.3) is 11.1 Å². The number of nitrogens with one attached hydrogen (secondary N) is 5. The number of piperazine rings is 1. The number of anilines is 2. The molecule has 21 heteroatoms. The molecule has 4 aliphatic rings. The fraction of sp³-hybridized carbons (Fsp3) is 0.446. The van der Waals surface area contributed by atoms with E-state index in [2.05, 4.69) is 61.2 Å². The molecule has 0 saturated carbocycles. The van der Waals surface area contributed by atoms with Crippen molar-refractivity contribution in [2.75, 3.05) is 88.6 Å². The van der Waals surface area contributed by atoms with Gasteiger partial charge in [0.15, 0.2) is 0 Å². The van der Waals surface area contributed by atoms with E-state index in [0.717, 1.165) is 63.6 Å². The number of benzene rings is 3. The molecule has 408 valence electrons. The summed E-state index contributed by atoms with van der Waals surface area (Å²) in [5.74, 6) is -3.59. The molecule has 0 radical (unpaired) electrons. The summed E-state index contributed by atoms with van der Waals surface area (Å²) in [4.78, 5) is 125. The molecule has 4 aliphatic heterocycles. The summed E-state index contributed by atoms with van der Waals surface area (Å²) in [6.45, 7) is 11.9. The van der Waals surface area contributed by atoms with E-state index in [4.69, 9.17) is 14.2 Å². The second-order valence-electron chi connectivity index (χ2n) is 19.6. The molecule has 8 rings (SSSR count). The van der Waals surface area contributed by atoms with Gasteiger partial charge in [0.1, 0.15) is 31.6 Å². The lowest BCUT2D eigenvalue weighted by molar-refractivity contribution is -0.139. The van der Waals surface area contributed by atoms with Crippen LogP contribution in [0.1, 0.15) is 98.9 Å². The van der Waals surface area contributed by atoms with Gasteiger partial charge >= 0.3 is 0 Å². The minimum atomic E-state index is -1.10. The average Bonchev–Trinajstić information content (AvgIpc) is 3.78. The van der Waals surface area contributed by atoms with Crippen molar-refractivity contribution in [1.29, 1.82) is 0 Å². The smallest absolute Gasteiger partial charge is 0.266 e. The van der Waals surface area contributed by atoms with Gasteiger partial charge in [0.05, 0.1) is 17.7 Å². The third-order valence-corrected chi connectivity index (χ3v) is 14.5. The molecular weight excluding hydrogens is 991 g/mol. The van der Waals surface area contributed by atoms with Gasteiger partial charge in [0, 0.05) is 106 Å². The van der Waals surface area contributed by atoms with Crippen LogP contribution in [0.5, 0.6) is 5.75 Å². The Morgan fingerprint density at radius 1 is 0.805 bits per heavy atom. The first-order chi connectivity index (χ1) is 37.1. The van der Waals surface area contributed by atoms with Gasteiger partial charge in [-0.3, -0.25) is 53.4 Å². The summed E-state index contributed by atoms with van der Waals surface area (Å²) in [6.07, 6.45) is 2.25. The van der Waals surface area contributed by atoms with Crippen LogP contribution in [-0.4, -0.2) is 153 Å². The van der Waals surface area contributed by atoms with Gasteiger partial charge in [-0.2, -0.15) is 0 Å². The first-order valence-electron chi connectivity index (χ1n) is 26.3. The maximum atomic E-state index is 14.0. The standard InChI is InChI=1S/C56H67N9O12/c1-5-64(40-17-25-75-26-18-40)45-30-38(29-42(36(45)4)52(70)59-31-43-34(2)28-35(3)60-53(43)71)37-11-13-39(14-12-37)62-21-23-63(24-22-62)50(69)33-76-32-49(68)57-19-7-10-47(66)58-20-27-77-46-9-6-8-41-51(46)56(74)65(55(41)73)44-15-16-48(67)61-54(44)72/h6,8-9,11-14,28-30,40,44H,5,7,10,15-27,31-33H2,1-4H3,(H,57,68)(H,58,66)(H,59,70)(H,60,71)(H,61,67,72). The Kier molecular flexibility index (Phi) is 18.2. The van der Waals surface area contributed by atoms with Crippen LogP contribution in [0, 0.1) is 20.8 Å². The highest BCUT2D eigenvalue weighted by molar-refractivity contribution is 6.24. The predicted octanol–water partition coefficient (Wildman–Crippen LogP) is 3.06. The van der Waals surface area contributed by atoms with Gasteiger partial charge in [0.2, 0.25) is 29.5 Å². The Bertz CT molecular complexity index is 2960. The van der Waals surface area contributed by atoms with Crippen molar-refractivity contribution in [2.24, 2.45) is 0 Å².